The second kappa shape index (κ2) is 6.62. The van der Waals surface area contributed by atoms with E-state index in [0.717, 1.165) is 19.5 Å². The number of nitrogens with one attached hydrogen (secondary N) is 1. The quantitative estimate of drug-likeness (QED) is 0.710. The molecular formula is C14H24N2O. The number of benzene rings is 1. The Balaban J connectivity index is 2.15. The molecule has 1 aromatic carbocycles. The summed E-state index contributed by atoms with van der Waals surface area (Å²) in [6, 6.07) is 10.4. The summed E-state index contributed by atoms with van der Waals surface area (Å²) in [7, 11) is 2.10. The summed E-state index contributed by atoms with van der Waals surface area (Å²) < 4.78 is 0. The highest BCUT2D eigenvalue weighted by atomic mass is 16.3. The molecule has 0 bridgehead atoms. The molecule has 17 heavy (non-hydrogen) atoms. The van der Waals surface area contributed by atoms with E-state index in [1.54, 1.807) is 0 Å². The Bertz CT molecular complexity index is 306. The van der Waals surface area contributed by atoms with Crippen molar-refractivity contribution in [1.29, 1.82) is 0 Å². The monoisotopic (exact) mass is 236 g/mol. The summed E-state index contributed by atoms with van der Waals surface area (Å²) >= 11 is 0. The van der Waals surface area contributed by atoms with Gasteiger partial charge in [0.05, 0.1) is 5.60 Å². The van der Waals surface area contributed by atoms with E-state index >= 15 is 0 Å². The minimum Gasteiger partial charge on any atom is -0.389 e. The Hall–Kier alpha value is -1.06. The lowest BCUT2D eigenvalue weighted by Crippen LogP contribution is -2.36. The van der Waals surface area contributed by atoms with Crippen LogP contribution in [0.5, 0.6) is 0 Å². The number of nitrogens with zero attached hydrogens (tertiary/aromatic N) is 1. The van der Waals surface area contributed by atoms with E-state index in [1.807, 2.05) is 19.9 Å². The molecule has 1 rings (SSSR count). The van der Waals surface area contributed by atoms with Crippen LogP contribution >= 0.6 is 0 Å². The zero-order chi connectivity index (χ0) is 12.7. The number of hydrogen-bond acceptors (Lipinski definition) is 3. The van der Waals surface area contributed by atoms with Gasteiger partial charge in [0.25, 0.3) is 0 Å². The van der Waals surface area contributed by atoms with Crippen molar-refractivity contribution in [1.82, 2.24) is 5.32 Å². The molecule has 2 N–H and O–H groups in total. The van der Waals surface area contributed by atoms with Crippen LogP contribution in [0.15, 0.2) is 30.3 Å². The summed E-state index contributed by atoms with van der Waals surface area (Å²) in [5.74, 6) is 0. The molecule has 0 fully saturated rings. The van der Waals surface area contributed by atoms with Crippen LogP contribution in [0.4, 0.5) is 5.69 Å². The molecule has 0 spiro atoms. The molecule has 0 amide bonds. The zero-order valence-corrected chi connectivity index (χ0v) is 11.1. The predicted octanol–water partition coefficient (Wildman–Crippen LogP) is 1.87. The van der Waals surface area contributed by atoms with E-state index in [4.69, 9.17) is 0 Å². The first-order valence-corrected chi connectivity index (χ1v) is 6.18. The smallest absolute Gasteiger partial charge is 0.0715 e. The maximum absolute atomic E-state index is 9.53. The maximum atomic E-state index is 9.53. The fraction of sp³-hybridized carbons (Fsp3) is 0.571. The summed E-state index contributed by atoms with van der Waals surface area (Å²) in [6.45, 7) is 6.22. The van der Waals surface area contributed by atoms with Crippen LogP contribution in [0.3, 0.4) is 0 Å². The van der Waals surface area contributed by atoms with E-state index in [2.05, 4.69) is 41.5 Å². The van der Waals surface area contributed by atoms with Gasteiger partial charge in [0.2, 0.25) is 0 Å². The highest BCUT2D eigenvalue weighted by Gasteiger charge is 2.10. The van der Waals surface area contributed by atoms with Crippen molar-refractivity contribution in [3.05, 3.63) is 30.3 Å². The number of aliphatic hydroxyl groups is 1. The van der Waals surface area contributed by atoms with Gasteiger partial charge in [-0.3, -0.25) is 0 Å². The molecular weight excluding hydrogens is 212 g/mol. The molecule has 0 saturated heterocycles. The molecule has 1 aromatic rings. The van der Waals surface area contributed by atoms with Crippen LogP contribution < -0.4 is 10.2 Å². The Morgan fingerprint density at radius 3 is 2.47 bits per heavy atom. The summed E-state index contributed by atoms with van der Waals surface area (Å²) in [5.41, 5.74) is 0.626. The van der Waals surface area contributed by atoms with Gasteiger partial charge in [-0.15, -0.1) is 0 Å². The van der Waals surface area contributed by atoms with Gasteiger partial charge in [-0.1, -0.05) is 18.2 Å². The fourth-order valence-corrected chi connectivity index (χ4v) is 1.65. The summed E-state index contributed by atoms with van der Waals surface area (Å²) in [5, 5.41) is 12.8. The van der Waals surface area contributed by atoms with Gasteiger partial charge in [-0.2, -0.15) is 0 Å². The van der Waals surface area contributed by atoms with Crippen molar-refractivity contribution in [3.63, 3.8) is 0 Å². The third kappa shape index (κ3) is 6.29. The first-order valence-electron chi connectivity index (χ1n) is 6.18. The van der Waals surface area contributed by atoms with Crippen molar-refractivity contribution in [2.45, 2.75) is 25.9 Å². The largest absolute Gasteiger partial charge is 0.389 e. The maximum Gasteiger partial charge on any atom is 0.0715 e. The summed E-state index contributed by atoms with van der Waals surface area (Å²) in [4.78, 5) is 2.24. The number of rotatable bonds is 7. The first-order chi connectivity index (χ1) is 7.99. The van der Waals surface area contributed by atoms with Gasteiger partial charge >= 0.3 is 0 Å². The van der Waals surface area contributed by atoms with E-state index in [0.29, 0.717) is 6.54 Å². The minimum absolute atomic E-state index is 0.620. The minimum atomic E-state index is -0.620. The summed E-state index contributed by atoms with van der Waals surface area (Å²) in [6.07, 6.45) is 1.07. The Labute approximate surface area is 104 Å². The van der Waals surface area contributed by atoms with Crippen molar-refractivity contribution in [2.75, 3.05) is 31.6 Å². The Kier molecular flexibility index (Phi) is 5.45. The molecule has 0 aliphatic rings. The van der Waals surface area contributed by atoms with E-state index in [1.165, 1.54) is 5.69 Å². The average Bonchev–Trinajstić information content (AvgIpc) is 2.28. The lowest BCUT2D eigenvalue weighted by Gasteiger charge is -2.21. The van der Waals surface area contributed by atoms with Gasteiger partial charge in [0.15, 0.2) is 0 Å². The second-order valence-electron chi connectivity index (χ2n) is 5.10. The molecule has 3 heteroatoms. The molecule has 0 aliphatic carbocycles. The van der Waals surface area contributed by atoms with Gasteiger partial charge in [0.1, 0.15) is 0 Å². The standard InChI is InChI=1S/C14H24N2O/c1-14(2,17)12-15-10-7-11-16(3)13-8-5-4-6-9-13/h4-6,8-9,15,17H,7,10-12H2,1-3H3. The zero-order valence-electron chi connectivity index (χ0n) is 11.1. The van der Waals surface area contributed by atoms with Crippen LogP contribution in [0.25, 0.3) is 0 Å². The second-order valence-corrected chi connectivity index (χ2v) is 5.10. The molecule has 0 aliphatic heterocycles. The molecule has 3 nitrogen and oxygen atoms in total. The van der Waals surface area contributed by atoms with Crippen LogP contribution in [-0.2, 0) is 0 Å². The molecule has 0 unspecified atom stereocenters. The molecule has 0 atom stereocenters. The van der Waals surface area contributed by atoms with Crippen molar-refractivity contribution in [2.24, 2.45) is 0 Å². The van der Waals surface area contributed by atoms with Crippen molar-refractivity contribution >= 4 is 5.69 Å². The molecule has 0 saturated carbocycles. The van der Waals surface area contributed by atoms with E-state index in [9.17, 15) is 5.11 Å². The van der Waals surface area contributed by atoms with Gasteiger partial charge in [-0.05, 0) is 38.9 Å². The number of para-hydroxylation sites is 1. The lowest BCUT2D eigenvalue weighted by molar-refractivity contribution is 0.0800. The van der Waals surface area contributed by atoms with Crippen LogP contribution in [0.1, 0.15) is 20.3 Å². The number of hydrogen-bond donors (Lipinski definition) is 2. The Morgan fingerprint density at radius 1 is 1.24 bits per heavy atom. The predicted molar refractivity (Wildman–Crippen MR) is 73.5 cm³/mol. The third-order valence-electron chi connectivity index (χ3n) is 2.60. The highest BCUT2D eigenvalue weighted by Crippen LogP contribution is 2.10. The lowest BCUT2D eigenvalue weighted by atomic mass is 10.1. The number of anilines is 1. The molecule has 0 aromatic heterocycles. The molecule has 0 radical (unpaired) electrons. The van der Waals surface area contributed by atoms with Gasteiger partial charge in [-0.25, -0.2) is 0 Å². The van der Waals surface area contributed by atoms with E-state index < -0.39 is 5.60 Å². The van der Waals surface area contributed by atoms with Crippen LogP contribution in [0.2, 0.25) is 0 Å². The van der Waals surface area contributed by atoms with Crippen molar-refractivity contribution < 1.29 is 5.11 Å². The topological polar surface area (TPSA) is 35.5 Å². The van der Waals surface area contributed by atoms with Crippen LogP contribution in [0, 0.1) is 0 Å². The van der Waals surface area contributed by atoms with Gasteiger partial charge in [0, 0.05) is 25.8 Å². The van der Waals surface area contributed by atoms with Gasteiger partial charge < -0.3 is 15.3 Å². The van der Waals surface area contributed by atoms with E-state index in [-0.39, 0.29) is 0 Å². The molecule has 96 valence electrons. The third-order valence-corrected chi connectivity index (χ3v) is 2.60. The SMILES string of the molecule is CN(CCCNCC(C)(C)O)c1ccccc1. The Morgan fingerprint density at radius 2 is 1.88 bits per heavy atom. The normalized spacial score (nSPS) is 11.5. The highest BCUT2D eigenvalue weighted by molar-refractivity contribution is 5.44. The molecule has 0 heterocycles. The van der Waals surface area contributed by atoms with Crippen LogP contribution in [-0.4, -0.2) is 37.4 Å². The van der Waals surface area contributed by atoms with Crippen molar-refractivity contribution in [3.8, 4) is 0 Å². The average molecular weight is 236 g/mol. The first kappa shape index (κ1) is 14.0. The fourth-order valence-electron chi connectivity index (χ4n) is 1.65.